The van der Waals surface area contributed by atoms with Gasteiger partial charge in [-0.25, -0.2) is 4.98 Å². The van der Waals surface area contributed by atoms with E-state index < -0.39 is 0 Å². The average Bonchev–Trinajstić information content (AvgIpc) is 2.27. The van der Waals surface area contributed by atoms with E-state index in [2.05, 4.69) is 23.4 Å². The lowest BCUT2D eigenvalue weighted by molar-refractivity contribution is 0.346. The summed E-state index contributed by atoms with van der Waals surface area (Å²) < 4.78 is 2.19. The molecule has 2 atom stereocenters. The fraction of sp³-hybridized carbons (Fsp3) is 0.700. The maximum Gasteiger partial charge on any atom is 0.126 e. The van der Waals surface area contributed by atoms with Gasteiger partial charge in [-0.15, -0.1) is 0 Å². The van der Waals surface area contributed by atoms with E-state index in [0.717, 1.165) is 23.9 Å². The van der Waals surface area contributed by atoms with Crippen LogP contribution >= 0.6 is 0 Å². The summed E-state index contributed by atoms with van der Waals surface area (Å²) in [6.45, 7) is 6.48. The number of aryl methyl sites for hydroxylation is 1. The molecule has 2 heterocycles. The molecule has 0 bridgehead atoms. The van der Waals surface area contributed by atoms with Crippen molar-refractivity contribution in [3.05, 3.63) is 11.5 Å². The Hall–Kier alpha value is -0.990. The molecule has 72 valence electrons. The van der Waals surface area contributed by atoms with Crippen LogP contribution in [0.3, 0.4) is 0 Å². The van der Waals surface area contributed by atoms with Gasteiger partial charge >= 0.3 is 0 Å². The van der Waals surface area contributed by atoms with Crippen LogP contribution in [0.25, 0.3) is 0 Å². The molecule has 1 aliphatic heterocycles. The third kappa shape index (κ3) is 1.23. The van der Waals surface area contributed by atoms with Crippen molar-refractivity contribution in [2.24, 2.45) is 5.92 Å². The van der Waals surface area contributed by atoms with Gasteiger partial charge in [0.25, 0.3) is 0 Å². The van der Waals surface area contributed by atoms with Gasteiger partial charge in [-0.3, -0.25) is 0 Å². The summed E-state index contributed by atoms with van der Waals surface area (Å²) >= 11 is 0. The van der Waals surface area contributed by atoms with Crippen LogP contribution < -0.4 is 5.73 Å². The summed E-state index contributed by atoms with van der Waals surface area (Å²) in [5, 5.41) is 0. The average molecular weight is 179 g/mol. The molecule has 0 saturated carbocycles. The number of fused-ring (bicyclic) bond motifs is 1. The number of aromatic nitrogens is 2. The van der Waals surface area contributed by atoms with Gasteiger partial charge in [-0.1, -0.05) is 6.92 Å². The van der Waals surface area contributed by atoms with E-state index >= 15 is 0 Å². The molecule has 3 nitrogen and oxygen atoms in total. The highest BCUT2D eigenvalue weighted by Gasteiger charge is 2.24. The van der Waals surface area contributed by atoms with Crippen LogP contribution in [0.1, 0.15) is 37.8 Å². The van der Waals surface area contributed by atoms with Crippen molar-refractivity contribution < 1.29 is 0 Å². The molecule has 0 amide bonds. The van der Waals surface area contributed by atoms with Gasteiger partial charge < -0.3 is 10.3 Å². The van der Waals surface area contributed by atoms with Crippen LogP contribution in [-0.4, -0.2) is 9.55 Å². The Balaban J connectivity index is 2.49. The number of anilines is 1. The molecule has 0 saturated heterocycles. The van der Waals surface area contributed by atoms with Gasteiger partial charge in [0.05, 0.1) is 5.69 Å². The summed E-state index contributed by atoms with van der Waals surface area (Å²) in [4.78, 5) is 4.49. The lowest BCUT2D eigenvalue weighted by atomic mass is 9.95. The molecular weight excluding hydrogens is 162 g/mol. The fourth-order valence-electron chi connectivity index (χ4n) is 2.34. The summed E-state index contributed by atoms with van der Waals surface area (Å²) in [6, 6.07) is 0.514. The number of nitrogens with zero attached hydrogens (tertiary/aromatic N) is 2. The van der Waals surface area contributed by atoms with E-state index in [1.165, 1.54) is 12.2 Å². The van der Waals surface area contributed by atoms with Crippen LogP contribution in [-0.2, 0) is 6.42 Å². The molecule has 0 aliphatic carbocycles. The minimum Gasteiger partial charge on any atom is -0.384 e. The predicted molar refractivity (Wildman–Crippen MR) is 53.6 cm³/mol. The quantitative estimate of drug-likeness (QED) is 0.661. The summed E-state index contributed by atoms with van der Waals surface area (Å²) in [7, 11) is 0. The van der Waals surface area contributed by atoms with Gasteiger partial charge in [0, 0.05) is 12.5 Å². The Morgan fingerprint density at radius 1 is 1.46 bits per heavy atom. The molecule has 2 rings (SSSR count). The van der Waals surface area contributed by atoms with Crippen LogP contribution in [0.15, 0.2) is 0 Å². The second-order valence-electron chi connectivity index (χ2n) is 4.26. The first-order valence-electron chi connectivity index (χ1n) is 4.92. The molecule has 2 N–H and O–H groups in total. The highest BCUT2D eigenvalue weighted by Crippen LogP contribution is 2.31. The smallest absolute Gasteiger partial charge is 0.126 e. The Morgan fingerprint density at radius 3 is 2.85 bits per heavy atom. The fourth-order valence-corrected chi connectivity index (χ4v) is 2.34. The van der Waals surface area contributed by atoms with Crippen molar-refractivity contribution in [2.75, 3.05) is 5.73 Å². The largest absolute Gasteiger partial charge is 0.384 e. The maximum absolute atomic E-state index is 5.96. The molecule has 0 aromatic carbocycles. The van der Waals surface area contributed by atoms with Gasteiger partial charge in [-0.05, 0) is 26.2 Å². The third-order valence-electron chi connectivity index (χ3n) is 2.92. The topological polar surface area (TPSA) is 43.8 Å². The monoisotopic (exact) mass is 179 g/mol. The van der Waals surface area contributed by atoms with E-state index in [1.807, 2.05) is 6.92 Å². The van der Waals surface area contributed by atoms with Gasteiger partial charge in [0.1, 0.15) is 11.6 Å². The van der Waals surface area contributed by atoms with Crippen LogP contribution in [0.2, 0.25) is 0 Å². The Morgan fingerprint density at radius 2 is 2.15 bits per heavy atom. The number of nitrogens with two attached hydrogens (primary N) is 1. The summed E-state index contributed by atoms with van der Waals surface area (Å²) in [6.07, 6.45) is 2.29. The number of imidazole rings is 1. The summed E-state index contributed by atoms with van der Waals surface area (Å²) in [5.74, 6) is 2.76. The first kappa shape index (κ1) is 8.60. The van der Waals surface area contributed by atoms with Gasteiger partial charge in [0.2, 0.25) is 0 Å². The van der Waals surface area contributed by atoms with Crippen molar-refractivity contribution in [1.82, 2.24) is 9.55 Å². The second kappa shape index (κ2) is 2.76. The van der Waals surface area contributed by atoms with Crippen molar-refractivity contribution in [2.45, 2.75) is 39.7 Å². The zero-order valence-electron chi connectivity index (χ0n) is 8.54. The number of rotatable bonds is 0. The lowest BCUT2D eigenvalue weighted by Gasteiger charge is -2.27. The van der Waals surface area contributed by atoms with E-state index in [1.54, 1.807) is 0 Å². The Kier molecular flexibility index (Phi) is 1.82. The Labute approximate surface area is 79.0 Å². The molecule has 1 aromatic heterocycles. The maximum atomic E-state index is 5.96. The number of hydrogen-bond acceptors (Lipinski definition) is 2. The molecule has 13 heavy (non-hydrogen) atoms. The number of hydrogen-bond donors (Lipinski definition) is 1. The van der Waals surface area contributed by atoms with Crippen LogP contribution in [0, 0.1) is 12.8 Å². The molecule has 0 fully saturated rings. The highest BCUT2D eigenvalue weighted by molar-refractivity contribution is 5.38. The van der Waals surface area contributed by atoms with Gasteiger partial charge in [0.15, 0.2) is 0 Å². The SMILES string of the molecule is Cc1nc2n(c1N)C(C)CC(C)C2. The zero-order valence-corrected chi connectivity index (χ0v) is 8.54. The van der Waals surface area contributed by atoms with Gasteiger partial charge in [-0.2, -0.15) is 0 Å². The second-order valence-corrected chi connectivity index (χ2v) is 4.26. The molecule has 1 aliphatic rings. The zero-order chi connectivity index (χ0) is 9.59. The lowest BCUT2D eigenvalue weighted by Crippen LogP contribution is -2.22. The molecule has 3 heteroatoms. The summed E-state index contributed by atoms with van der Waals surface area (Å²) in [5.41, 5.74) is 6.94. The highest BCUT2D eigenvalue weighted by atomic mass is 15.2. The minimum absolute atomic E-state index is 0.514. The van der Waals surface area contributed by atoms with E-state index in [9.17, 15) is 0 Å². The predicted octanol–water partition coefficient (Wildman–Crippen LogP) is 1.92. The van der Waals surface area contributed by atoms with Crippen molar-refractivity contribution in [1.29, 1.82) is 0 Å². The third-order valence-corrected chi connectivity index (χ3v) is 2.92. The first-order valence-corrected chi connectivity index (χ1v) is 4.92. The molecular formula is C10H17N3. The minimum atomic E-state index is 0.514. The van der Waals surface area contributed by atoms with E-state index in [4.69, 9.17) is 5.73 Å². The first-order chi connectivity index (χ1) is 6.09. The van der Waals surface area contributed by atoms with Crippen LogP contribution in [0.4, 0.5) is 5.82 Å². The molecule has 2 unspecified atom stereocenters. The van der Waals surface area contributed by atoms with Crippen LogP contribution in [0.5, 0.6) is 0 Å². The van der Waals surface area contributed by atoms with Crippen molar-refractivity contribution >= 4 is 5.82 Å². The standard InChI is InChI=1S/C10H17N3/c1-6-4-7(2)13-9(5-6)12-8(3)10(13)11/h6-7H,4-5,11H2,1-3H3. The van der Waals surface area contributed by atoms with Crippen molar-refractivity contribution in [3.63, 3.8) is 0 Å². The van der Waals surface area contributed by atoms with E-state index in [-0.39, 0.29) is 0 Å². The molecule has 0 spiro atoms. The normalized spacial score (nSPS) is 27.3. The number of nitrogen functional groups attached to an aromatic ring is 1. The van der Waals surface area contributed by atoms with E-state index in [0.29, 0.717) is 6.04 Å². The van der Waals surface area contributed by atoms with Crippen molar-refractivity contribution in [3.8, 4) is 0 Å². The molecule has 1 aromatic rings. The molecule has 0 radical (unpaired) electrons. The Bertz CT molecular complexity index is 327.